The first-order valence-corrected chi connectivity index (χ1v) is 9.94. The Morgan fingerprint density at radius 3 is 2.89 bits per heavy atom. The smallest absolute Gasteiger partial charge is 0.254 e. The Morgan fingerprint density at radius 1 is 1.29 bits per heavy atom. The third-order valence-electron chi connectivity index (χ3n) is 5.73. The number of pyridine rings is 1. The number of morpholine rings is 1. The minimum atomic E-state index is -0.0675. The molecule has 1 amide bonds. The van der Waals surface area contributed by atoms with Gasteiger partial charge < -0.3 is 15.2 Å². The summed E-state index contributed by atoms with van der Waals surface area (Å²) in [5.74, 6) is -0.0675. The highest BCUT2D eigenvalue weighted by Crippen LogP contribution is 2.27. The van der Waals surface area contributed by atoms with E-state index in [4.69, 9.17) is 9.84 Å². The molecule has 148 valence electrons. The Morgan fingerprint density at radius 2 is 2.11 bits per heavy atom. The van der Waals surface area contributed by atoms with E-state index in [1.54, 1.807) is 6.20 Å². The molecule has 6 nitrogen and oxygen atoms in total. The average molecular weight is 381 g/mol. The quantitative estimate of drug-likeness (QED) is 0.829. The molecule has 1 aromatic carbocycles. The van der Waals surface area contributed by atoms with Crippen molar-refractivity contribution in [3.05, 3.63) is 53.9 Å². The van der Waals surface area contributed by atoms with Gasteiger partial charge in [0.15, 0.2) is 0 Å². The fourth-order valence-corrected chi connectivity index (χ4v) is 4.33. The molecule has 6 heteroatoms. The lowest BCUT2D eigenvalue weighted by Gasteiger charge is -2.34. The summed E-state index contributed by atoms with van der Waals surface area (Å²) in [4.78, 5) is 19.9. The zero-order valence-corrected chi connectivity index (χ0v) is 16.2. The Balaban J connectivity index is 1.48. The zero-order valence-electron chi connectivity index (χ0n) is 16.2. The Hall–Kier alpha value is -2.28. The van der Waals surface area contributed by atoms with Crippen molar-refractivity contribution in [2.75, 3.05) is 26.3 Å². The third-order valence-corrected chi connectivity index (χ3v) is 5.73. The van der Waals surface area contributed by atoms with Crippen LogP contribution in [0.25, 0.3) is 11.1 Å². The van der Waals surface area contributed by atoms with E-state index in [2.05, 4.69) is 15.2 Å². The predicted octanol–water partition coefficient (Wildman–Crippen LogP) is 2.01. The average Bonchev–Trinajstić information content (AvgIpc) is 3.10. The summed E-state index contributed by atoms with van der Waals surface area (Å²) in [7, 11) is 0. The van der Waals surface area contributed by atoms with Crippen LogP contribution < -0.4 is 5.32 Å². The van der Waals surface area contributed by atoms with Gasteiger partial charge in [0.2, 0.25) is 0 Å². The molecule has 2 aliphatic rings. The van der Waals surface area contributed by atoms with Crippen LogP contribution >= 0.6 is 0 Å². The van der Waals surface area contributed by atoms with Crippen molar-refractivity contribution in [2.24, 2.45) is 0 Å². The van der Waals surface area contributed by atoms with E-state index in [1.165, 1.54) is 0 Å². The van der Waals surface area contributed by atoms with Gasteiger partial charge >= 0.3 is 0 Å². The SMILES string of the molecule is Cc1nccc(-c2ccccc2)c1C(=O)N[C@H]1C[C@H]2CO[C@@H](CCO)CN2C1. The number of carbonyl (C=O) groups is 1. The summed E-state index contributed by atoms with van der Waals surface area (Å²) in [5, 5.41) is 12.4. The summed E-state index contributed by atoms with van der Waals surface area (Å²) >= 11 is 0. The van der Waals surface area contributed by atoms with Gasteiger partial charge in [-0.05, 0) is 37.0 Å². The lowest BCUT2D eigenvalue weighted by Crippen LogP contribution is -2.46. The maximum atomic E-state index is 13.2. The van der Waals surface area contributed by atoms with E-state index in [9.17, 15) is 4.79 Å². The number of hydrogen-bond acceptors (Lipinski definition) is 5. The van der Waals surface area contributed by atoms with Gasteiger partial charge in [0, 0.05) is 38.0 Å². The number of nitrogens with one attached hydrogen (secondary N) is 1. The molecule has 28 heavy (non-hydrogen) atoms. The molecule has 3 atom stereocenters. The number of fused-ring (bicyclic) bond motifs is 1. The second kappa shape index (κ2) is 8.39. The van der Waals surface area contributed by atoms with Crippen molar-refractivity contribution in [2.45, 2.75) is 38.0 Å². The van der Waals surface area contributed by atoms with Crippen LogP contribution in [0.15, 0.2) is 42.6 Å². The van der Waals surface area contributed by atoms with Gasteiger partial charge in [-0.2, -0.15) is 0 Å². The molecule has 2 aromatic rings. The molecule has 0 aliphatic carbocycles. The van der Waals surface area contributed by atoms with E-state index in [0.29, 0.717) is 24.6 Å². The van der Waals surface area contributed by atoms with Crippen LogP contribution in [0.5, 0.6) is 0 Å². The molecule has 0 spiro atoms. The topological polar surface area (TPSA) is 74.7 Å². The molecule has 0 saturated carbocycles. The predicted molar refractivity (Wildman–Crippen MR) is 107 cm³/mol. The van der Waals surface area contributed by atoms with Gasteiger partial charge in [-0.3, -0.25) is 14.7 Å². The van der Waals surface area contributed by atoms with Crippen molar-refractivity contribution in [1.29, 1.82) is 0 Å². The Kier molecular flexibility index (Phi) is 5.71. The van der Waals surface area contributed by atoms with Gasteiger partial charge in [-0.1, -0.05) is 30.3 Å². The van der Waals surface area contributed by atoms with Gasteiger partial charge in [-0.25, -0.2) is 0 Å². The summed E-state index contributed by atoms with van der Waals surface area (Å²) in [6.07, 6.45) is 3.39. The second-order valence-corrected chi connectivity index (χ2v) is 7.67. The maximum absolute atomic E-state index is 13.2. The maximum Gasteiger partial charge on any atom is 0.254 e. The minimum Gasteiger partial charge on any atom is -0.396 e. The van der Waals surface area contributed by atoms with Gasteiger partial charge in [-0.15, -0.1) is 0 Å². The number of amides is 1. The number of benzene rings is 1. The molecular formula is C22H27N3O3. The molecule has 2 N–H and O–H groups in total. The van der Waals surface area contributed by atoms with E-state index in [-0.39, 0.29) is 24.7 Å². The highest BCUT2D eigenvalue weighted by molar-refractivity contribution is 6.02. The van der Waals surface area contributed by atoms with Crippen molar-refractivity contribution in [3.63, 3.8) is 0 Å². The van der Waals surface area contributed by atoms with E-state index in [0.717, 1.165) is 36.3 Å². The fraction of sp³-hybridized carbons (Fsp3) is 0.455. The number of carbonyl (C=O) groups excluding carboxylic acids is 1. The van der Waals surface area contributed by atoms with Crippen LogP contribution in [-0.2, 0) is 4.74 Å². The van der Waals surface area contributed by atoms with E-state index >= 15 is 0 Å². The lowest BCUT2D eigenvalue weighted by atomic mass is 9.98. The first-order chi connectivity index (χ1) is 13.7. The normalized spacial score (nSPS) is 24.7. The number of aliphatic hydroxyl groups is 1. The molecule has 0 bridgehead atoms. The van der Waals surface area contributed by atoms with Crippen molar-refractivity contribution < 1.29 is 14.6 Å². The standard InChI is InChI=1S/C22H27N3O3/c1-15-21(20(7-9-23-15)16-5-3-2-4-6-16)22(27)24-17-11-18-14-28-19(8-10-26)13-25(18)12-17/h2-7,9,17-19,26H,8,10-14H2,1H3,(H,24,27)/t17-,18-,19-/m0/s1. The molecule has 2 saturated heterocycles. The van der Waals surface area contributed by atoms with Crippen LogP contribution in [0.3, 0.4) is 0 Å². The zero-order chi connectivity index (χ0) is 19.5. The number of aryl methyl sites for hydroxylation is 1. The molecular weight excluding hydrogens is 354 g/mol. The number of ether oxygens (including phenoxy) is 1. The number of nitrogens with zero attached hydrogens (tertiary/aromatic N) is 2. The number of aromatic nitrogens is 1. The monoisotopic (exact) mass is 381 g/mol. The minimum absolute atomic E-state index is 0.0675. The van der Waals surface area contributed by atoms with E-state index < -0.39 is 0 Å². The van der Waals surface area contributed by atoms with Gasteiger partial charge in [0.05, 0.1) is 24.0 Å². The first kappa shape index (κ1) is 19.1. The first-order valence-electron chi connectivity index (χ1n) is 9.94. The molecule has 2 aliphatic heterocycles. The second-order valence-electron chi connectivity index (χ2n) is 7.67. The number of rotatable bonds is 5. The molecule has 3 heterocycles. The Labute approximate surface area is 165 Å². The molecule has 2 fully saturated rings. The van der Waals surface area contributed by atoms with Crippen LogP contribution in [0, 0.1) is 6.92 Å². The highest BCUT2D eigenvalue weighted by atomic mass is 16.5. The molecule has 0 unspecified atom stereocenters. The molecule has 0 radical (unpaired) electrons. The van der Waals surface area contributed by atoms with Crippen LogP contribution in [0.1, 0.15) is 28.9 Å². The fourth-order valence-electron chi connectivity index (χ4n) is 4.33. The van der Waals surface area contributed by atoms with Crippen molar-refractivity contribution in [3.8, 4) is 11.1 Å². The largest absolute Gasteiger partial charge is 0.396 e. The highest BCUT2D eigenvalue weighted by Gasteiger charge is 2.38. The lowest BCUT2D eigenvalue weighted by molar-refractivity contribution is -0.0566. The van der Waals surface area contributed by atoms with Gasteiger partial charge in [0.1, 0.15) is 0 Å². The van der Waals surface area contributed by atoms with Crippen LogP contribution in [0.4, 0.5) is 0 Å². The summed E-state index contributed by atoms with van der Waals surface area (Å²) in [6.45, 7) is 4.33. The summed E-state index contributed by atoms with van der Waals surface area (Å²) in [6, 6.07) is 12.3. The third kappa shape index (κ3) is 3.94. The summed E-state index contributed by atoms with van der Waals surface area (Å²) in [5.41, 5.74) is 3.31. The van der Waals surface area contributed by atoms with Crippen molar-refractivity contribution in [1.82, 2.24) is 15.2 Å². The van der Waals surface area contributed by atoms with Gasteiger partial charge in [0.25, 0.3) is 5.91 Å². The van der Waals surface area contributed by atoms with Crippen LogP contribution in [-0.4, -0.2) is 65.4 Å². The summed E-state index contributed by atoms with van der Waals surface area (Å²) < 4.78 is 5.84. The van der Waals surface area contributed by atoms with E-state index in [1.807, 2.05) is 43.3 Å². The molecule has 4 rings (SSSR count). The van der Waals surface area contributed by atoms with Crippen LogP contribution in [0.2, 0.25) is 0 Å². The molecule has 1 aromatic heterocycles. The number of aliphatic hydroxyl groups excluding tert-OH is 1. The number of hydrogen-bond donors (Lipinski definition) is 2. The Bertz CT molecular complexity index is 827. The van der Waals surface area contributed by atoms with Crippen molar-refractivity contribution >= 4 is 5.91 Å².